The standard InChI is InChI=1S/C12H13FN4OS/c1-7-6-19-10(17-7)5-16-12(18)9-3-8(13)4-15-11(9)14-2/h3-4,6H,5H2,1-2H3,(H,14,15)(H,16,18). The van der Waals surface area contributed by atoms with Gasteiger partial charge in [-0.05, 0) is 13.0 Å². The second-order valence-electron chi connectivity index (χ2n) is 3.87. The molecule has 0 atom stereocenters. The molecule has 2 rings (SSSR count). The van der Waals surface area contributed by atoms with Crippen LogP contribution in [0, 0.1) is 12.7 Å². The number of thiazole rings is 1. The first-order chi connectivity index (χ1) is 9.10. The minimum atomic E-state index is -0.547. The Morgan fingerprint density at radius 3 is 2.95 bits per heavy atom. The van der Waals surface area contributed by atoms with E-state index in [1.54, 1.807) is 7.05 Å². The Bertz CT molecular complexity index is 599. The number of carbonyl (C=O) groups excluding carboxylic acids is 1. The van der Waals surface area contributed by atoms with Gasteiger partial charge >= 0.3 is 0 Å². The van der Waals surface area contributed by atoms with Crippen molar-refractivity contribution < 1.29 is 9.18 Å². The highest BCUT2D eigenvalue weighted by Crippen LogP contribution is 2.13. The van der Waals surface area contributed by atoms with Gasteiger partial charge in [0.05, 0.1) is 18.3 Å². The number of carbonyl (C=O) groups is 1. The van der Waals surface area contributed by atoms with Crippen molar-refractivity contribution in [3.05, 3.63) is 39.7 Å². The molecule has 100 valence electrons. The Balaban J connectivity index is 2.09. The van der Waals surface area contributed by atoms with Crippen molar-refractivity contribution in [2.24, 2.45) is 0 Å². The predicted molar refractivity (Wildman–Crippen MR) is 71.8 cm³/mol. The van der Waals surface area contributed by atoms with E-state index in [9.17, 15) is 9.18 Å². The minimum Gasteiger partial charge on any atom is -0.372 e. The maximum atomic E-state index is 13.1. The highest BCUT2D eigenvalue weighted by Gasteiger charge is 2.13. The summed E-state index contributed by atoms with van der Waals surface area (Å²) in [5, 5.41) is 8.16. The molecule has 2 aromatic rings. The molecule has 0 spiro atoms. The Hall–Kier alpha value is -2.02. The number of aryl methyl sites for hydroxylation is 1. The summed E-state index contributed by atoms with van der Waals surface area (Å²) in [6.45, 7) is 2.20. The van der Waals surface area contributed by atoms with Crippen molar-refractivity contribution in [1.82, 2.24) is 15.3 Å². The van der Waals surface area contributed by atoms with Crippen molar-refractivity contribution in [2.75, 3.05) is 12.4 Å². The lowest BCUT2D eigenvalue weighted by Crippen LogP contribution is -2.24. The maximum Gasteiger partial charge on any atom is 0.255 e. The summed E-state index contributed by atoms with van der Waals surface area (Å²) >= 11 is 1.47. The lowest BCUT2D eigenvalue weighted by molar-refractivity contribution is 0.0951. The normalized spacial score (nSPS) is 10.3. The molecular weight excluding hydrogens is 267 g/mol. The number of aromatic nitrogens is 2. The van der Waals surface area contributed by atoms with Gasteiger partial charge in [0.2, 0.25) is 0 Å². The number of hydrogen-bond acceptors (Lipinski definition) is 5. The molecular formula is C12H13FN4OS. The smallest absolute Gasteiger partial charge is 0.255 e. The highest BCUT2D eigenvalue weighted by atomic mass is 32.1. The molecule has 0 aromatic carbocycles. The fourth-order valence-corrected chi connectivity index (χ4v) is 2.26. The van der Waals surface area contributed by atoms with Crippen molar-refractivity contribution in [3.63, 3.8) is 0 Å². The lowest BCUT2D eigenvalue weighted by Gasteiger charge is -2.08. The van der Waals surface area contributed by atoms with Crippen molar-refractivity contribution in [3.8, 4) is 0 Å². The largest absolute Gasteiger partial charge is 0.372 e. The minimum absolute atomic E-state index is 0.177. The first-order valence-electron chi connectivity index (χ1n) is 5.62. The van der Waals surface area contributed by atoms with Gasteiger partial charge < -0.3 is 10.6 Å². The topological polar surface area (TPSA) is 66.9 Å². The SMILES string of the molecule is CNc1ncc(F)cc1C(=O)NCc1nc(C)cs1. The quantitative estimate of drug-likeness (QED) is 0.898. The van der Waals surface area contributed by atoms with E-state index in [1.165, 1.54) is 11.3 Å². The van der Waals surface area contributed by atoms with Crippen LogP contribution in [-0.4, -0.2) is 22.9 Å². The fraction of sp³-hybridized carbons (Fsp3) is 0.250. The maximum absolute atomic E-state index is 13.1. The number of rotatable bonds is 4. The summed E-state index contributed by atoms with van der Waals surface area (Å²) in [7, 11) is 1.63. The molecule has 0 unspecified atom stereocenters. The highest BCUT2D eigenvalue weighted by molar-refractivity contribution is 7.09. The molecule has 0 radical (unpaired) electrons. The second kappa shape index (κ2) is 5.75. The van der Waals surface area contributed by atoms with Gasteiger partial charge in [-0.15, -0.1) is 11.3 Å². The molecule has 0 aliphatic heterocycles. The zero-order chi connectivity index (χ0) is 13.8. The van der Waals surface area contributed by atoms with Crippen LogP contribution in [0.25, 0.3) is 0 Å². The number of amides is 1. The van der Waals surface area contributed by atoms with Crippen molar-refractivity contribution in [2.45, 2.75) is 13.5 Å². The first kappa shape index (κ1) is 13.4. The number of nitrogens with zero attached hydrogens (tertiary/aromatic N) is 2. The van der Waals surface area contributed by atoms with Gasteiger partial charge in [0.1, 0.15) is 16.6 Å². The first-order valence-corrected chi connectivity index (χ1v) is 6.50. The Morgan fingerprint density at radius 1 is 1.53 bits per heavy atom. The van der Waals surface area contributed by atoms with Crippen LogP contribution in [0.4, 0.5) is 10.2 Å². The Kier molecular flexibility index (Phi) is 4.06. The fourth-order valence-electron chi connectivity index (χ4n) is 1.55. The summed E-state index contributed by atoms with van der Waals surface area (Å²) in [6, 6.07) is 1.15. The third kappa shape index (κ3) is 3.25. The summed E-state index contributed by atoms with van der Waals surface area (Å²) in [4.78, 5) is 20.0. The van der Waals surface area contributed by atoms with E-state index in [1.807, 2.05) is 12.3 Å². The van der Waals surface area contributed by atoms with E-state index in [4.69, 9.17) is 0 Å². The summed E-state index contributed by atoms with van der Waals surface area (Å²) in [5.41, 5.74) is 1.09. The molecule has 1 amide bonds. The number of anilines is 1. The average Bonchev–Trinajstić information content (AvgIpc) is 2.81. The van der Waals surface area contributed by atoms with Gasteiger partial charge in [-0.2, -0.15) is 0 Å². The molecule has 0 aliphatic rings. The average molecular weight is 280 g/mol. The summed E-state index contributed by atoms with van der Waals surface area (Å²) < 4.78 is 13.1. The Labute approximate surface area is 113 Å². The van der Waals surface area contributed by atoms with Crippen LogP contribution in [0.5, 0.6) is 0 Å². The molecule has 0 saturated heterocycles. The lowest BCUT2D eigenvalue weighted by atomic mass is 10.2. The van der Waals surface area contributed by atoms with Crippen LogP contribution in [0.3, 0.4) is 0 Å². The Morgan fingerprint density at radius 2 is 2.32 bits per heavy atom. The monoisotopic (exact) mass is 280 g/mol. The van der Waals surface area contributed by atoms with Crippen LogP contribution in [0.2, 0.25) is 0 Å². The van der Waals surface area contributed by atoms with Gasteiger partial charge in [0, 0.05) is 18.1 Å². The van der Waals surface area contributed by atoms with E-state index in [2.05, 4.69) is 20.6 Å². The van der Waals surface area contributed by atoms with Crippen LogP contribution in [0.1, 0.15) is 21.1 Å². The van der Waals surface area contributed by atoms with E-state index in [0.717, 1.165) is 23.0 Å². The summed E-state index contributed by atoms with van der Waals surface area (Å²) in [6.07, 6.45) is 1.06. The molecule has 7 heteroatoms. The molecule has 0 bridgehead atoms. The molecule has 19 heavy (non-hydrogen) atoms. The molecule has 5 nitrogen and oxygen atoms in total. The number of nitrogens with one attached hydrogen (secondary N) is 2. The zero-order valence-corrected chi connectivity index (χ0v) is 11.3. The van der Waals surface area contributed by atoms with Crippen molar-refractivity contribution >= 4 is 23.1 Å². The third-order valence-electron chi connectivity index (χ3n) is 2.40. The van der Waals surface area contributed by atoms with Crippen LogP contribution < -0.4 is 10.6 Å². The third-order valence-corrected chi connectivity index (χ3v) is 3.37. The molecule has 0 saturated carbocycles. The van der Waals surface area contributed by atoms with E-state index in [0.29, 0.717) is 12.4 Å². The second-order valence-corrected chi connectivity index (χ2v) is 4.81. The molecule has 0 aliphatic carbocycles. The predicted octanol–water partition coefficient (Wildman–Crippen LogP) is 1.96. The van der Waals surface area contributed by atoms with Crippen LogP contribution in [-0.2, 0) is 6.54 Å². The molecule has 0 fully saturated rings. The van der Waals surface area contributed by atoms with Crippen LogP contribution >= 0.6 is 11.3 Å². The number of hydrogen-bond donors (Lipinski definition) is 2. The van der Waals surface area contributed by atoms with E-state index in [-0.39, 0.29) is 11.5 Å². The summed E-state index contributed by atoms with van der Waals surface area (Å²) in [5.74, 6) is -0.590. The van der Waals surface area contributed by atoms with Crippen molar-refractivity contribution in [1.29, 1.82) is 0 Å². The number of halogens is 1. The van der Waals surface area contributed by atoms with Gasteiger partial charge in [0.25, 0.3) is 5.91 Å². The van der Waals surface area contributed by atoms with Gasteiger partial charge in [0.15, 0.2) is 0 Å². The van der Waals surface area contributed by atoms with Gasteiger partial charge in [-0.3, -0.25) is 4.79 Å². The van der Waals surface area contributed by atoms with Gasteiger partial charge in [-0.25, -0.2) is 14.4 Å². The molecule has 2 N–H and O–H groups in total. The zero-order valence-electron chi connectivity index (χ0n) is 10.5. The van der Waals surface area contributed by atoms with E-state index < -0.39 is 5.82 Å². The molecule has 2 heterocycles. The molecule has 2 aromatic heterocycles. The van der Waals surface area contributed by atoms with E-state index >= 15 is 0 Å². The van der Waals surface area contributed by atoms with Crippen LogP contribution in [0.15, 0.2) is 17.6 Å². The number of pyridine rings is 1. The van der Waals surface area contributed by atoms with Gasteiger partial charge in [-0.1, -0.05) is 0 Å².